The van der Waals surface area contributed by atoms with E-state index < -0.39 is 0 Å². The van der Waals surface area contributed by atoms with Gasteiger partial charge in [-0.1, -0.05) is 12.1 Å². The van der Waals surface area contributed by atoms with Crippen molar-refractivity contribution < 1.29 is 9.66 Å². The molecule has 0 bridgehead atoms. The number of nitrogens with zero attached hydrogens (tertiary/aromatic N) is 2. The normalized spacial score (nSPS) is 11.1. The molecule has 0 aliphatic rings. The Hall–Kier alpha value is -1.66. The number of nitrogens with one attached hydrogen (secondary N) is 1. The second-order valence-corrected chi connectivity index (χ2v) is 4.88. The zero-order valence-electron chi connectivity index (χ0n) is 12.5. The molecule has 0 aliphatic heterocycles. The van der Waals surface area contributed by atoms with Gasteiger partial charge in [0, 0.05) is 39.4 Å². The maximum Gasteiger partial charge on any atom is 0.292 e. The van der Waals surface area contributed by atoms with E-state index in [9.17, 15) is 10.1 Å². The van der Waals surface area contributed by atoms with Crippen molar-refractivity contribution in [3.63, 3.8) is 0 Å². The quantitative estimate of drug-likeness (QED) is 0.585. The van der Waals surface area contributed by atoms with Gasteiger partial charge in [0.05, 0.1) is 11.5 Å². The number of para-hydroxylation sites is 1. The van der Waals surface area contributed by atoms with Crippen molar-refractivity contribution in [1.82, 2.24) is 4.90 Å². The number of anilines is 1. The van der Waals surface area contributed by atoms with E-state index in [-0.39, 0.29) is 10.6 Å². The van der Waals surface area contributed by atoms with E-state index in [0.717, 1.165) is 12.1 Å². The zero-order valence-corrected chi connectivity index (χ0v) is 12.5. The first-order valence-corrected chi connectivity index (χ1v) is 6.68. The number of nitro groups is 1. The first kappa shape index (κ1) is 16.4. The smallest absolute Gasteiger partial charge is 0.292 e. The van der Waals surface area contributed by atoms with Gasteiger partial charge in [0.25, 0.3) is 5.69 Å². The fourth-order valence-corrected chi connectivity index (χ4v) is 2.11. The van der Waals surface area contributed by atoms with E-state index in [1.807, 2.05) is 6.07 Å². The number of ether oxygens (including phenoxy) is 1. The summed E-state index contributed by atoms with van der Waals surface area (Å²) in [6.07, 6.45) is 0. The molecule has 0 aliphatic carbocycles. The SMILES string of the molecule is CNc1c(CN(CCOC)C(C)C)cccc1[N+](=O)[O-]. The summed E-state index contributed by atoms with van der Waals surface area (Å²) in [5, 5.41) is 14.0. The molecule has 0 saturated heterocycles. The van der Waals surface area contributed by atoms with Gasteiger partial charge in [-0.15, -0.1) is 0 Å². The number of hydrogen-bond donors (Lipinski definition) is 1. The second kappa shape index (κ2) is 7.81. The molecule has 6 nitrogen and oxygen atoms in total. The summed E-state index contributed by atoms with van der Waals surface area (Å²) in [7, 11) is 3.38. The van der Waals surface area contributed by atoms with Crippen LogP contribution in [0.1, 0.15) is 19.4 Å². The van der Waals surface area contributed by atoms with Gasteiger partial charge >= 0.3 is 0 Å². The van der Waals surface area contributed by atoms with Crippen LogP contribution in [0.2, 0.25) is 0 Å². The third-order valence-corrected chi connectivity index (χ3v) is 3.26. The molecule has 0 unspecified atom stereocenters. The monoisotopic (exact) mass is 281 g/mol. The van der Waals surface area contributed by atoms with Crippen LogP contribution >= 0.6 is 0 Å². The molecule has 0 heterocycles. The predicted octanol–water partition coefficient (Wildman–Crippen LogP) is 2.49. The third-order valence-electron chi connectivity index (χ3n) is 3.26. The van der Waals surface area contributed by atoms with Crippen molar-refractivity contribution in [1.29, 1.82) is 0 Å². The molecule has 1 aromatic rings. The van der Waals surface area contributed by atoms with Crippen LogP contribution in [0.4, 0.5) is 11.4 Å². The molecule has 1 rings (SSSR count). The summed E-state index contributed by atoms with van der Waals surface area (Å²) in [5.41, 5.74) is 1.62. The Morgan fingerprint density at radius 3 is 2.65 bits per heavy atom. The van der Waals surface area contributed by atoms with Gasteiger partial charge in [0.2, 0.25) is 0 Å². The Morgan fingerprint density at radius 1 is 1.45 bits per heavy atom. The van der Waals surface area contributed by atoms with Crippen LogP contribution in [-0.2, 0) is 11.3 Å². The first-order chi connectivity index (χ1) is 9.51. The van der Waals surface area contributed by atoms with Crippen molar-refractivity contribution >= 4 is 11.4 Å². The van der Waals surface area contributed by atoms with Crippen molar-refractivity contribution in [2.24, 2.45) is 0 Å². The molecule has 1 aromatic carbocycles. The predicted molar refractivity (Wildman–Crippen MR) is 80.1 cm³/mol. The third kappa shape index (κ3) is 4.18. The van der Waals surface area contributed by atoms with E-state index in [1.54, 1.807) is 20.2 Å². The van der Waals surface area contributed by atoms with Crippen LogP contribution in [-0.4, -0.2) is 43.2 Å². The van der Waals surface area contributed by atoms with Crippen molar-refractivity contribution in [2.75, 3.05) is 32.6 Å². The molecule has 6 heteroatoms. The molecule has 0 spiro atoms. The average molecular weight is 281 g/mol. The van der Waals surface area contributed by atoms with Crippen molar-refractivity contribution in [3.8, 4) is 0 Å². The summed E-state index contributed by atoms with van der Waals surface area (Å²) in [6.45, 7) is 6.29. The highest BCUT2D eigenvalue weighted by Gasteiger charge is 2.18. The van der Waals surface area contributed by atoms with E-state index in [4.69, 9.17) is 4.74 Å². The Labute approximate surface area is 119 Å². The fourth-order valence-electron chi connectivity index (χ4n) is 2.11. The number of benzene rings is 1. The van der Waals surface area contributed by atoms with Crippen LogP contribution in [0.5, 0.6) is 0 Å². The largest absolute Gasteiger partial charge is 0.383 e. The van der Waals surface area contributed by atoms with E-state index >= 15 is 0 Å². The van der Waals surface area contributed by atoms with Gasteiger partial charge in [0.15, 0.2) is 0 Å². The minimum atomic E-state index is -0.357. The van der Waals surface area contributed by atoms with Gasteiger partial charge in [-0.05, 0) is 19.4 Å². The van der Waals surface area contributed by atoms with E-state index in [2.05, 4.69) is 24.1 Å². The van der Waals surface area contributed by atoms with Gasteiger partial charge in [-0.25, -0.2) is 0 Å². The topological polar surface area (TPSA) is 67.6 Å². The maximum absolute atomic E-state index is 11.1. The lowest BCUT2D eigenvalue weighted by atomic mass is 10.1. The molecular formula is C14H23N3O3. The van der Waals surface area contributed by atoms with E-state index in [1.165, 1.54) is 6.07 Å². The Morgan fingerprint density at radius 2 is 2.15 bits per heavy atom. The summed E-state index contributed by atoms with van der Waals surface area (Å²) in [5.74, 6) is 0. The zero-order chi connectivity index (χ0) is 15.1. The molecule has 0 amide bonds. The molecule has 1 N–H and O–H groups in total. The Bertz CT molecular complexity index is 449. The van der Waals surface area contributed by atoms with Crippen molar-refractivity contribution in [3.05, 3.63) is 33.9 Å². The van der Waals surface area contributed by atoms with Crippen LogP contribution in [0.15, 0.2) is 18.2 Å². The second-order valence-electron chi connectivity index (χ2n) is 4.88. The lowest BCUT2D eigenvalue weighted by molar-refractivity contribution is -0.384. The number of rotatable bonds is 8. The standard InChI is InChI=1S/C14H23N3O3/c1-11(2)16(8-9-20-4)10-12-6-5-7-13(17(18)19)14(12)15-3/h5-7,11,15H,8-10H2,1-4H3. The van der Waals surface area contributed by atoms with Gasteiger partial charge in [0.1, 0.15) is 5.69 Å². The number of methoxy groups -OCH3 is 1. The average Bonchev–Trinajstić information content (AvgIpc) is 2.42. The molecule has 0 fully saturated rings. The fraction of sp³-hybridized carbons (Fsp3) is 0.571. The minimum Gasteiger partial charge on any atom is -0.383 e. The lowest BCUT2D eigenvalue weighted by Gasteiger charge is -2.27. The lowest BCUT2D eigenvalue weighted by Crippen LogP contribution is -2.33. The highest BCUT2D eigenvalue weighted by molar-refractivity contribution is 5.66. The molecule has 0 aromatic heterocycles. The highest BCUT2D eigenvalue weighted by Crippen LogP contribution is 2.29. The summed E-state index contributed by atoms with van der Waals surface area (Å²) >= 11 is 0. The summed E-state index contributed by atoms with van der Waals surface area (Å²) in [4.78, 5) is 12.9. The van der Waals surface area contributed by atoms with Gasteiger partial charge < -0.3 is 10.1 Å². The van der Waals surface area contributed by atoms with Gasteiger partial charge in [-0.2, -0.15) is 0 Å². The van der Waals surface area contributed by atoms with Crippen LogP contribution in [0, 0.1) is 10.1 Å². The molecule has 20 heavy (non-hydrogen) atoms. The van der Waals surface area contributed by atoms with Crippen LogP contribution in [0.25, 0.3) is 0 Å². The number of nitro benzene ring substituents is 1. The summed E-state index contributed by atoms with van der Waals surface area (Å²) < 4.78 is 5.11. The highest BCUT2D eigenvalue weighted by atomic mass is 16.6. The Kier molecular flexibility index (Phi) is 6.41. The molecule has 0 saturated carbocycles. The maximum atomic E-state index is 11.1. The van der Waals surface area contributed by atoms with Gasteiger partial charge in [-0.3, -0.25) is 15.0 Å². The summed E-state index contributed by atoms with van der Waals surface area (Å²) in [6, 6.07) is 5.50. The molecule has 0 radical (unpaired) electrons. The molecule has 0 atom stereocenters. The number of hydrogen-bond acceptors (Lipinski definition) is 5. The van der Waals surface area contributed by atoms with Crippen LogP contribution < -0.4 is 5.32 Å². The Balaban J connectivity index is 3.00. The molecular weight excluding hydrogens is 258 g/mol. The minimum absolute atomic E-state index is 0.112. The first-order valence-electron chi connectivity index (χ1n) is 6.68. The van der Waals surface area contributed by atoms with Crippen LogP contribution in [0.3, 0.4) is 0 Å². The molecule has 112 valence electrons. The van der Waals surface area contributed by atoms with Crippen molar-refractivity contribution in [2.45, 2.75) is 26.4 Å². The van der Waals surface area contributed by atoms with E-state index in [0.29, 0.717) is 24.9 Å².